The Morgan fingerprint density at radius 3 is 2.46 bits per heavy atom. The fourth-order valence-electron chi connectivity index (χ4n) is 2.87. The van der Waals surface area contributed by atoms with Crippen LogP contribution in [0, 0.1) is 0 Å². The molecule has 5 heteroatoms. The minimum atomic E-state index is -0.361. The van der Waals surface area contributed by atoms with Crippen LogP contribution in [0.5, 0.6) is 0 Å². The zero-order valence-corrected chi connectivity index (χ0v) is 15.7. The van der Waals surface area contributed by atoms with Gasteiger partial charge in [0.15, 0.2) is 0 Å². The maximum absolute atomic E-state index is 12.8. The minimum absolute atomic E-state index is 0.112. The van der Waals surface area contributed by atoms with Gasteiger partial charge in [0.1, 0.15) is 0 Å². The molecule has 0 spiro atoms. The van der Waals surface area contributed by atoms with Crippen LogP contribution in [0.25, 0.3) is 10.1 Å². The van der Waals surface area contributed by atoms with E-state index >= 15 is 0 Å². The fraction of sp³-hybridized carbons (Fsp3) is 0.238. The molecular weight excluding hydrogens is 346 g/mol. The van der Waals surface area contributed by atoms with Gasteiger partial charge in [-0.05, 0) is 54.6 Å². The van der Waals surface area contributed by atoms with E-state index < -0.39 is 0 Å². The number of ether oxygens (including phenoxy) is 1. The number of carbonyl (C=O) groups is 2. The number of benzene rings is 2. The molecule has 0 aliphatic rings. The second kappa shape index (κ2) is 8.15. The van der Waals surface area contributed by atoms with Crippen molar-refractivity contribution in [1.29, 1.82) is 0 Å². The monoisotopic (exact) mass is 367 g/mol. The normalized spacial score (nSPS) is 10.7. The van der Waals surface area contributed by atoms with Crippen molar-refractivity contribution in [2.75, 3.05) is 11.9 Å². The lowest BCUT2D eigenvalue weighted by molar-refractivity contribution is 0.0526. The fourth-order valence-corrected chi connectivity index (χ4v) is 4.02. The van der Waals surface area contributed by atoms with Gasteiger partial charge in [0.25, 0.3) is 5.91 Å². The lowest BCUT2D eigenvalue weighted by atomic mass is 10.1. The molecule has 0 radical (unpaired) electrons. The predicted molar refractivity (Wildman–Crippen MR) is 106 cm³/mol. The average Bonchev–Trinajstić information content (AvgIpc) is 3.02. The summed E-state index contributed by atoms with van der Waals surface area (Å²) in [5.74, 6) is -0.473. The summed E-state index contributed by atoms with van der Waals surface area (Å²) in [5.41, 5.74) is 2.23. The average molecular weight is 367 g/mol. The topological polar surface area (TPSA) is 55.4 Å². The van der Waals surface area contributed by atoms with Crippen LogP contribution < -0.4 is 5.32 Å². The summed E-state index contributed by atoms with van der Waals surface area (Å²) in [6.07, 6.45) is 1.85. The molecule has 0 aliphatic heterocycles. The molecule has 4 nitrogen and oxygen atoms in total. The lowest BCUT2D eigenvalue weighted by Crippen LogP contribution is -2.12. The number of esters is 1. The lowest BCUT2D eigenvalue weighted by Gasteiger charge is -2.07. The number of fused-ring (bicyclic) bond motifs is 1. The first-order valence-corrected chi connectivity index (χ1v) is 9.54. The summed E-state index contributed by atoms with van der Waals surface area (Å²) in [6.45, 7) is 4.22. The molecule has 0 atom stereocenters. The molecule has 0 bridgehead atoms. The first-order valence-electron chi connectivity index (χ1n) is 8.73. The van der Waals surface area contributed by atoms with Crippen LogP contribution in [-0.4, -0.2) is 18.5 Å². The van der Waals surface area contributed by atoms with Crippen LogP contribution in [0.4, 0.5) is 5.69 Å². The van der Waals surface area contributed by atoms with E-state index in [-0.39, 0.29) is 11.9 Å². The highest BCUT2D eigenvalue weighted by Gasteiger charge is 2.18. The van der Waals surface area contributed by atoms with Crippen molar-refractivity contribution in [3.8, 4) is 0 Å². The number of anilines is 1. The van der Waals surface area contributed by atoms with Gasteiger partial charge in [-0.2, -0.15) is 0 Å². The van der Waals surface area contributed by atoms with Crippen LogP contribution >= 0.6 is 11.3 Å². The van der Waals surface area contributed by atoms with Crippen molar-refractivity contribution in [2.24, 2.45) is 0 Å². The molecule has 0 saturated heterocycles. The van der Waals surface area contributed by atoms with E-state index in [1.54, 1.807) is 31.2 Å². The summed E-state index contributed by atoms with van der Waals surface area (Å²) in [6, 6.07) is 14.9. The molecule has 134 valence electrons. The van der Waals surface area contributed by atoms with E-state index in [0.717, 1.165) is 33.4 Å². The highest BCUT2D eigenvalue weighted by atomic mass is 32.1. The molecule has 3 rings (SSSR count). The van der Waals surface area contributed by atoms with Crippen molar-refractivity contribution in [3.05, 3.63) is 64.5 Å². The van der Waals surface area contributed by atoms with Crippen molar-refractivity contribution in [1.82, 2.24) is 0 Å². The van der Waals surface area contributed by atoms with Gasteiger partial charge in [0.05, 0.1) is 17.0 Å². The SMILES string of the molecule is CCCc1c(C(=O)Nc2ccc(C(=O)OCC)cc2)sc2ccccc12. The summed E-state index contributed by atoms with van der Waals surface area (Å²) >= 11 is 1.52. The van der Waals surface area contributed by atoms with E-state index in [4.69, 9.17) is 4.74 Å². The third-order valence-electron chi connectivity index (χ3n) is 4.06. The van der Waals surface area contributed by atoms with Crippen molar-refractivity contribution >= 4 is 39.0 Å². The number of rotatable bonds is 6. The number of thiophene rings is 1. The molecule has 0 unspecified atom stereocenters. The van der Waals surface area contributed by atoms with E-state index in [2.05, 4.69) is 18.3 Å². The summed E-state index contributed by atoms with van der Waals surface area (Å²) < 4.78 is 6.09. The molecule has 0 saturated carbocycles. The van der Waals surface area contributed by atoms with Gasteiger partial charge < -0.3 is 10.1 Å². The highest BCUT2D eigenvalue weighted by Crippen LogP contribution is 2.32. The van der Waals surface area contributed by atoms with Crippen LogP contribution in [-0.2, 0) is 11.2 Å². The Morgan fingerprint density at radius 1 is 1.04 bits per heavy atom. The Labute approximate surface area is 156 Å². The molecule has 1 aromatic heterocycles. The molecule has 26 heavy (non-hydrogen) atoms. The first-order chi connectivity index (χ1) is 12.6. The number of aryl methyl sites for hydroxylation is 1. The zero-order valence-electron chi connectivity index (χ0n) is 14.9. The Morgan fingerprint density at radius 2 is 1.77 bits per heavy atom. The Bertz CT molecular complexity index is 928. The summed E-state index contributed by atoms with van der Waals surface area (Å²) in [7, 11) is 0. The van der Waals surface area contributed by atoms with Crippen LogP contribution in [0.1, 0.15) is 45.9 Å². The maximum atomic E-state index is 12.8. The second-order valence-electron chi connectivity index (χ2n) is 5.91. The quantitative estimate of drug-likeness (QED) is 0.603. The molecule has 0 aliphatic carbocycles. The van der Waals surface area contributed by atoms with Crippen molar-refractivity contribution in [2.45, 2.75) is 26.7 Å². The number of amides is 1. The molecule has 3 aromatic rings. The number of carbonyl (C=O) groups excluding carboxylic acids is 2. The molecule has 1 heterocycles. The van der Waals surface area contributed by atoms with E-state index in [1.807, 2.05) is 18.2 Å². The number of hydrogen-bond acceptors (Lipinski definition) is 4. The minimum Gasteiger partial charge on any atom is -0.462 e. The van der Waals surface area contributed by atoms with Gasteiger partial charge in [0, 0.05) is 10.4 Å². The largest absolute Gasteiger partial charge is 0.462 e. The van der Waals surface area contributed by atoms with Gasteiger partial charge in [-0.3, -0.25) is 4.79 Å². The Hall–Kier alpha value is -2.66. The van der Waals surface area contributed by atoms with Gasteiger partial charge in [-0.25, -0.2) is 4.79 Å². The van der Waals surface area contributed by atoms with Crippen LogP contribution in [0.2, 0.25) is 0 Å². The predicted octanol–water partition coefficient (Wildman–Crippen LogP) is 5.28. The molecule has 0 fully saturated rings. The molecule has 1 amide bonds. The Kier molecular flexibility index (Phi) is 5.68. The summed E-state index contributed by atoms with van der Waals surface area (Å²) in [5, 5.41) is 4.09. The second-order valence-corrected chi connectivity index (χ2v) is 6.96. The Balaban J connectivity index is 1.83. The zero-order chi connectivity index (χ0) is 18.5. The van der Waals surface area contributed by atoms with Gasteiger partial charge in [-0.15, -0.1) is 11.3 Å². The number of hydrogen-bond donors (Lipinski definition) is 1. The smallest absolute Gasteiger partial charge is 0.338 e. The molecule has 2 aromatic carbocycles. The summed E-state index contributed by atoms with van der Waals surface area (Å²) in [4.78, 5) is 25.3. The van der Waals surface area contributed by atoms with Crippen LogP contribution in [0.3, 0.4) is 0 Å². The third kappa shape index (κ3) is 3.78. The molecular formula is C21H21NO3S. The van der Waals surface area contributed by atoms with Gasteiger partial charge in [-0.1, -0.05) is 31.5 Å². The van der Waals surface area contributed by atoms with Crippen molar-refractivity contribution in [3.63, 3.8) is 0 Å². The standard InChI is InChI=1S/C21H21NO3S/c1-3-7-17-16-8-5-6-9-18(16)26-19(17)20(23)22-15-12-10-14(11-13-15)21(24)25-4-2/h5-6,8-13H,3-4,7H2,1-2H3,(H,22,23). The van der Waals surface area contributed by atoms with Crippen molar-refractivity contribution < 1.29 is 14.3 Å². The molecule has 1 N–H and O–H groups in total. The first kappa shape index (κ1) is 18.1. The highest BCUT2D eigenvalue weighted by molar-refractivity contribution is 7.21. The van der Waals surface area contributed by atoms with E-state index in [0.29, 0.717) is 17.9 Å². The van der Waals surface area contributed by atoms with E-state index in [1.165, 1.54) is 11.3 Å². The van der Waals surface area contributed by atoms with Crippen LogP contribution in [0.15, 0.2) is 48.5 Å². The maximum Gasteiger partial charge on any atom is 0.338 e. The third-order valence-corrected chi connectivity index (χ3v) is 5.27. The number of nitrogens with one attached hydrogen (secondary N) is 1. The van der Waals surface area contributed by atoms with Gasteiger partial charge in [0.2, 0.25) is 0 Å². The van der Waals surface area contributed by atoms with Gasteiger partial charge >= 0.3 is 5.97 Å². The van der Waals surface area contributed by atoms with E-state index in [9.17, 15) is 9.59 Å².